The third-order valence-corrected chi connectivity index (χ3v) is 3.63. The van der Waals surface area contributed by atoms with Gasteiger partial charge in [0.1, 0.15) is 0 Å². The molecule has 5 nitrogen and oxygen atoms in total. The second-order valence-electron chi connectivity index (χ2n) is 3.52. The first-order valence-electron chi connectivity index (χ1n) is 5.35. The maximum Gasteiger partial charge on any atom is 0.289 e. The van der Waals surface area contributed by atoms with Crippen molar-refractivity contribution in [3.63, 3.8) is 0 Å². The monoisotopic (exact) mass is 266 g/mol. The predicted octanol–water partition coefficient (Wildman–Crippen LogP) is 2.57. The van der Waals surface area contributed by atoms with Gasteiger partial charge in [0, 0.05) is 26.0 Å². The molecule has 0 N–H and O–H groups in total. The van der Waals surface area contributed by atoms with E-state index in [0.717, 1.165) is 4.90 Å². The number of hydrogen-bond donors (Lipinski definition) is 0. The molecule has 0 amide bonds. The van der Waals surface area contributed by atoms with Crippen LogP contribution < -0.4 is 0 Å². The van der Waals surface area contributed by atoms with E-state index in [1.807, 2.05) is 30.3 Å². The second-order valence-corrected chi connectivity index (χ2v) is 4.73. The number of nitrogens with zero attached hydrogens (tertiary/aromatic N) is 2. The summed E-state index contributed by atoms with van der Waals surface area (Å²) < 4.78 is 15.9. The van der Waals surface area contributed by atoms with Gasteiger partial charge in [-0.05, 0) is 12.1 Å². The highest BCUT2D eigenvalue weighted by Gasteiger charge is 2.39. The number of ether oxygens (including phenoxy) is 2. The third kappa shape index (κ3) is 2.55. The summed E-state index contributed by atoms with van der Waals surface area (Å²) in [7, 11) is 3.09. The van der Waals surface area contributed by atoms with Gasteiger partial charge < -0.3 is 14.0 Å². The topological polar surface area (TPSA) is 57.4 Å². The smallest absolute Gasteiger partial charge is 0.289 e. The molecular formula is C12H14N2O3S. The molecule has 2 rings (SSSR count). The summed E-state index contributed by atoms with van der Waals surface area (Å²) in [6, 6.07) is 9.76. The van der Waals surface area contributed by atoms with Crippen molar-refractivity contribution >= 4 is 11.8 Å². The second kappa shape index (κ2) is 5.51. The van der Waals surface area contributed by atoms with Crippen LogP contribution in [-0.2, 0) is 14.6 Å². The van der Waals surface area contributed by atoms with Crippen LogP contribution in [0, 0.1) is 6.92 Å². The van der Waals surface area contributed by atoms with Crippen molar-refractivity contribution in [3.05, 3.63) is 42.0 Å². The lowest BCUT2D eigenvalue weighted by molar-refractivity contribution is -0.146. The van der Waals surface area contributed by atoms with Crippen LogP contribution in [0.3, 0.4) is 0 Å². The fourth-order valence-corrected chi connectivity index (χ4v) is 2.41. The van der Waals surface area contributed by atoms with Crippen molar-refractivity contribution in [1.82, 2.24) is 10.1 Å². The van der Waals surface area contributed by atoms with E-state index in [9.17, 15) is 0 Å². The summed E-state index contributed by atoms with van der Waals surface area (Å²) in [5, 5.41) is 2.77. The van der Waals surface area contributed by atoms with E-state index < -0.39 is 5.12 Å². The van der Waals surface area contributed by atoms with E-state index in [1.54, 1.807) is 21.1 Å². The lowest BCUT2D eigenvalue weighted by atomic mass is 10.4. The summed E-state index contributed by atoms with van der Waals surface area (Å²) in [4.78, 5) is 5.16. The van der Waals surface area contributed by atoms with Crippen molar-refractivity contribution in [3.8, 4) is 0 Å². The SMILES string of the molecule is COC(OC)(Sc1ccccc1)c1noc(C)n1. The zero-order valence-corrected chi connectivity index (χ0v) is 11.2. The van der Waals surface area contributed by atoms with Crippen LogP contribution in [0.5, 0.6) is 0 Å². The number of methoxy groups -OCH3 is 2. The number of thioether (sulfide) groups is 1. The minimum Gasteiger partial charge on any atom is -0.339 e. The maximum atomic E-state index is 5.45. The van der Waals surface area contributed by atoms with Gasteiger partial charge in [-0.2, -0.15) is 4.98 Å². The van der Waals surface area contributed by atoms with Crippen molar-refractivity contribution in [2.24, 2.45) is 0 Å². The molecule has 1 aromatic heterocycles. The first kappa shape index (κ1) is 13.1. The molecule has 0 bridgehead atoms. The Kier molecular flexibility index (Phi) is 4.00. The Bertz CT molecular complexity index is 497. The Labute approximate surface area is 109 Å². The molecule has 0 saturated heterocycles. The van der Waals surface area contributed by atoms with Gasteiger partial charge in [0.25, 0.3) is 5.12 Å². The van der Waals surface area contributed by atoms with E-state index in [-0.39, 0.29) is 0 Å². The van der Waals surface area contributed by atoms with Gasteiger partial charge in [0.2, 0.25) is 11.7 Å². The largest absolute Gasteiger partial charge is 0.339 e. The Balaban J connectivity index is 2.32. The molecule has 0 atom stereocenters. The molecule has 0 unspecified atom stereocenters. The van der Waals surface area contributed by atoms with E-state index in [0.29, 0.717) is 11.7 Å². The quantitative estimate of drug-likeness (QED) is 0.612. The summed E-state index contributed by atoms with van der Waals surface area (Å²) >= 11 is 1.37. The van der Waals surface area contributed by atoms with Crippen LogP contribution in [0.4, 0.5) is 0 Å². The summed E-state index contributed by atoms with van der Waals surface area (Å²) in [6.45, 7) is 1.72. The highest BCUT2D eigenvalue weighted by atomic mass is 32.2. The van der Waals surface area contributed by atoms with E-state index in [2.05, 4.69) is 10.1 Å². The van der Waals surface area contributed by atoms with Crippen LogP contribution in [0.25, 0.3) is 0 Å². The van der Waals surface area contributed by atoms with E-state index >= 15 is 0 Å². The van der Waals surface area contributed by atoms with Gasteiger partial charge in [-0.25, -0.2) is 0 Å². The minimum absolute atomic E-state index is 0.360. The number of rotatable bonds is 5. The van der Waals surface area contributed by atoms with Crippen molar-refractivity contribution in [1.29, 1.82) is 0 Å². The Hall–Kier alpha value is -1.37. The van der Waals surface area contributed by atoms with Crippen molar-refractivity contribution < 1.29 is 14.0 Å². The van der Waals surface area contributed by atoms with Gasteiger partial charge in [-0.1, -0.05) is 35.1 Å². The van der Waals surface area contributed by atoms with Gasteiger partial charge >= 0.3 is 0 Å². The number of aromatic nitrogens is 2. The molecule has 18 heavy (non-hydrogen) atoms. The molecule has 0 radical (unpaired) electrons. The third-order valence-electron chi connectivity index (χ3n) is 2.33. The first-order valence-corrected chi connectivity index (χ1v) is 6.17. The Morgan fingerprint density at radius 2 is 1.83 bits per heavy atom. The minimum atomic E-state index is -1.10. The molecule has 1 heterocycles. The molecule has 96 valence electrons. The van der Waals surface area contributed by atoms with Crippen LogP contribution in [0.1, 0.15) is 11.7 Å². The normalized spacial score (nSPS) is 11.7. The molecule has 0 aliphatic rings. The van der Waals surface area contributed by atoms with Crippen LogP contribution in [-0.4, -0.2) is 24.4 Å². The van der Waals surface area contributed by atoms with E-state index in [4.69, 9.17) is 14.0 Å². The maximum absolute atomic E-state index is 5.45. The molecule has 2 aromatic rings. The van der Waals surface area contributed by atoms with Crippen LogP contribution in [0.15, 0.2) is 39.8 Å². The highest BCUT2D eigenvalue weighted by molar-refractivity contribution is 8.00. The first-order chi connectivity index (χ1) is 8.70. The zero-order valence-electron chi connectivity index (χ0n) is 10.4. The van der Waals surface area contributed by atoms with Crippen molar-refractivity contribution in [2.75, 3.05) is 14.2 Å². The fraction of sp³-hybridized carbons (Fsp3) is 0.333. The lowest BCUT2D eigenvalue weighted by Gasteiger charge is -2.26. The summed E-state index contributed by atoms with van der Waals surface area (Å²) in [5.74, 6) is 0.830. The molecule has 0 aliphatic heterocycles. The highest BCUT2D eigenvalue weighted by Crippen LogP contribution is 2.41. The van der Waals surface area contributed by atoms with Gasteiger partial charge in [-0.15, -0.1) is 0 Å². The molecule has 0 fully saturated rings. The van der Waals surface area contributed by atoms with Crippen molar-refractivity contribution in [2.45, 2.75) is 16.9 Å². The average molecular weight is 266 g/mol. The molecule has 1 aromatic carbocycles. The van der Waals surface area contributed by atoms with Gasteiger partial charge in [-0.3, -0.25) is 0 Å². The standard InChI is InChI=1S/C12H14N2O3S/c1-9-13-11(14-17-9)12(15-2,16-3)18-10-7-5-4-6-8-10/h4-8H,1-3H3. The van der Waals surface area contributed by atoms with E-state index in [1.165, 1.54) is 11.8 Å². The predicted molar refractivity (Wildman–Crippen MR) is 67.0 cm³/mol. The average Bonchev–Trinajstić information content (AvgIpc) is 2.84. The molecule has 0 saturated carbocycles. The molecule has 6 heteroatoms. The fourth-order valence-electron chi connectivity index (χ4n) is 1.46. The molecular weight excluding hydrogens is 252 g/mol. The Morgan fingerprint density at radius 3 is 2.33 bits per heavy atom. The summed E-state index contributed by atoms with van der Waals surface area (Å²) in [6.07, 6.45) is 0. The lowest BCUT2D eigenvalue weighted by Crippen LogP contribution is -2.28. The van der Waals surface area contributed by atoms with Crippen LogP contribution >= 0.6 is 11.8 Å². The summed E-state index contributed by atoms with van der Waals surface area (Å²) in [5.41, 5.74) is 0. The number of aryl methyl sites for hydroxylation is 1. The number of hydrogen-bond acceptors (Lipinski definition) is 6. The number of benzene rings is 1. The Morgan fingerprint density at radius 1 is 1.17 bits per heavy atom. The zero-order chi connectivity index (χ0) is 13.0. The van der Waals surface area contributed by atoms with Gasteiger partial charge in [0.05, 0.1) is 0 Å². The molecule has 0 spiro atoms. The van der Waals surface area contributed by atoms with Crippen LogP contribution in [0.2, 0.25) is 0 Å². The molecule has 0 aliphatic carbocycles. The van der Waals surface area contributed by atoms with Gasteiger partial charge in [0.15, 0.2) is 0 Å².